The summed E-state index contributed by atoms with van der Waals surface area (Å²) >= 11 is 0. The molecule has 0 radical (unpaired) electrons. The number of carbonyl (C=O) groups is 2. The van der Waals surface area contributed by atoms with Crippen molar-refractivity contribution in [3.05, 3.63) is 41.7 Å². The fourth-order valence-electron chi connectivity index (χ4n) is 1.12. The zero-order chi connectivity index (χ0) is 8.55. The minimum Gasteiger partial charge on any atom is -0.289 e. The lowest BCUT2D eigenvalue weighted by Crippen LogP contribution is -2.12. The zero-order valence-electron chi connectivity index (χ0n) is 6.15. The maximum Gasteiger partial charge on any atom is 0.205 e. The first-order valence-corrected chi connectivity index (χ1v) is 3.51. The monoisotopic (exact) mass is 159 g/mol. The molecule has 58 valence electrons. The molecule has 0 saturated heterocycles. The second-order valence-electron chi connectivity index (χ2n) is 2.46. The third kappa shape index (κ3) is 0.871. The predicted octanol–water partition coefficient (Wildman–Crippen LogP) is 1.02. The molecule has 0 spiro atoms. The van der Waals surface area contributed by atoms with Gasteiger partial charge in [-0.15, -0.1) is 0 Å². The standard InChI is InChI=1S/C9H5NO2/c11-7-3-4-8(12)9-6(7)2-1-5-10-9/h1-5H. The number of allylic oxidation sites excluding steroid dienone is 2. The van der Waals surface area contributed by atoms with Gasteiger partial charge in [0, 0.05) is 6.20 Å². The van der Waals surface area contributed by atoms with Crippen LogP contribution in [0.1, 0.15) is 20.8 Å². The van der Waals surface area contributed by atoms with E-state index in [4.69, 9.17) is 0 Å². The fourth-order valence-corrected chi connectivity index (χ4v) is 1.12. The molecule has 1 aliphatic rings. The van der Waals surface area contributed by atoms with Crippen molar-refractivity contribution in [3.8, 4) is 0 Å². The van der Waals surface area contributed by atoms with Crippen LogP contribution in [-0.4, -0.2) is 16.6 Å². The molecule has 1 aliphatic carbocycles. The van der Waals surface area contributed by atoms with Gasteiger partial charge in [-0.1, -0.05) is 0 Å². The van der Waals surface area contributed by atoms with Gasteiger partial charge in [0.1, 0.15) is 5.69 Å². The molecule has 0 unspecified atom stereocenters. The number of nitrogens with zero attached hydrogens (tertiary/aromatic N) is 1. The van der Waals surface area contributed by atoms with Gasteiger partial charge in [-0.25, -0.2) is 0 Å². The third-order valence-corrected chi connectivity index (χ3v) is 1.69. The Morgan fingerprint density at radius 1 is 1.08 bits per heavy atom. The number of rotatable bonds is 0. The Morgan fingerprint density at radius 3 is 2.58 bits per heavy atom. The van der Waals surface area contributed by atoms with Gasteiger partial charge in [0.2, 0.25) is 5.78 Å². The minimum atomic E-state index is -0.204. The molecule has 1 heterocycles. The van der Waals surface area contributed by atoms with Crippen molar-refractivity contribution in [3.63, 3.8) is 0 Å². The average molecular weight is 159 g/mol. The summed E-state index contributed by atoms with van der Waals surface area (Å²) in [6, 6.07) is 3.25. The number of hydrogen-bond acceptors (Lipinski definition) is 3. The first-order chi connectivity index (χ1) is 5.79. The van der Waals surface area contributed by atoms with Crippen molar-refractivity contribution < 1.29 is 9.59 Å². The molecule has 1 aromatic rings. The van der Waals surface area contributed by atoms with Crippen LogP contribution in [0.15, 0.2) is 30.5 Å². The van der Waals surface area contributed by atoms with Crippen LogP contribution in [0.4, 0.5) is 0 Å². The van der Waals surface area contributed by atoms with E-state index in [2.05, 4.69) is 4.98 Å². The number of hydrogen-bond donors (Lipinski definition) is 0. The van der Waals surface area contributed by atoms with E-state index in [0.29, 0.717) is 5.56 Å². The van der Waals surface area contributed by atoms with E-state index >= 15 is 0 Å². The Bertz CT molecular complexity index is 356. The second-order valence-corrected chi connectivity index (χ2v) is 2.46. The summed E-state index contributed by atoms with van der Waals surface area (Å²) < 4.78 is 0. The number of fused-ring (bicyclic) bond motifs is 1. The molecule has 3 heteroatoms. The first-order valence-electron chi connectivity index (χ1n) is 3.51. The van der Waals surface area contributed by atoms with Crippen LogP contribution in [0.5, 0.6) is 0 Å². The second kappa shape index (κ2) is 2.37. The Labute approximate surface area is 68.7 Å². The number of pyridine rings is 1. The Morgan fingerprint density at radius 2 is 1.83 bits per heavy atom. The molecule has 0 atom stereocenters. The van der Waals surface area contributed by atoms with E-state index < -0.39 is 0 Å². The van der Waals surface area contributed by atoms with Crippen molar-refractivity contribution in [2.24, 2.45) is 0 Å². The average Bonchev–Trinajstić information content (AvgIpc) is 2.12. The highest BCUT2D eigenvalue weighted by Gasteiger charge is 2.18. The van der Waals surface area contributed by atoms with Crippen LogP contribution in [0.3, 0.4) is 0 Å². The van der Waals surface area contributed by atoms with Crippen LogP contribution < -0.4 is 0 Å². The van der Waals surface area contributed by atoms with E-state index in [9.17, 15) is 9.59 Å². The van der Waals surface area contributed by atoms with Gasteiger partial charge < -0.3 is 0 Å². The summed E-state index contributed by atoms with van der Waals surface area (Å²) in [5.74, 6) is -0.358. The van der Waals surface area contributed by atoms with Gasteiger partial charge in [-0.2, -0.15) is 0 Å². The largest absolute Gasteiger partial charge is 0.289 e. The Balaban J connectivity index is 2.69. The molecule has 0 amide bonds. The molecule has 0 saturated carbocycles. The number of carbonyl (C=O) groups excluding carboxylic acids is 2. The lowest BCUT2D eigenvalue weighted by atomic mass is 10.0. The third-order valence-electron chi connectivity index (χ3n) is 1.69. The van der Waals surface area contributed by atoms with Gasteiger partial charge in [0.25, 0.3) is 0 Å². The van der Waals surface area contributed by atoms with E-state index in [-0.39, 0.29) is 17.3 Å². The van der Waals surface area contributed by atoms with Crippen LogP contribution in [0.2, 0.25) is 0 Å². The Hall–Kier alpha value is -1.77. The lowest BCUT2D eigenvalue weighted by Gasteiger charge is -2.05. The molecule has 3 nitrogen and oxygen atoms in total. The summed E-state index contributed by atoms with van der Waals surface area (Å²) in [4.78, 5) is 26.1. The molecule has 12 heavy (non-hydrogen) atoms. The summed E-state index contributed by atoms with van der Waals surface area (Å²) in [5.41, 5.74) is 0.648. The van der Waals surface area contributed by atoms with Gasteiger partial charge in [0.05, 0.1) is 5.56 Å². The van der Waals surface area contributed by atoms with E-state index in [1.165, 1.54) is 18.3 Å². The number of ketones is 2. The van der Waals surface area contributed by atoms with Gasteiger partial charge >= 0.3 is 0 Å². The highest BCUT2D eigenvalue weighted by molar-refractivity contribution is 6.21. The molecular weight excluding hydrogens is 154 g/mol. The maximum absolute atomic E-state index is 11.2. The SMILES string of the molecule is O=C1C=CC(=O)c2ncccc21. The predicted molar refractivity (Wildman–Crippen MR) is 42.0 cm³/mol. The first kappa shape index (κ1) is 6.91. The van der Waals surface area contributed by atoms with Crippen LogP contribution >= 0.6 is 0 Å². The zero-order valence-corrected chi connectivity index (χ0v) is 6.15. The van der Waals surface area contributed by atoms with Crippen molar-refractivity contribution in [2.45, 2.75) is 0 Å². The van der Waals surface area contributed by atoms with Crippen molar-refractivity contribution in [1.29, 1.82) is 0 Å². The molecule has 2 rings (SSSR count). The quantitative estimate of drug-likeness (QED) is 0.567. The molecular formula is C9H5NO2. The molecule has 0 N–H and O–H groups in total. The molecule has 0 aromatic carbocycles. The van der Waals surface area contributed by atoms with E-state index in [1.54, 1.807) is 12.1 Å². The van der Waals surface area contributed by atoms with Crippen LogP contribution in [-0.2, 0) is 0 Å². The molecule has 1 aromatic heterocycles. The van der Waals surface area contributed by atoms with Gasteiger partial charge in [-0.05, 0) is 24.3 Å². The van der Waals surface area contributed by atoms with Crippen molar-refractivity contribution >= 4 is 11.6 Å². The topological polar surface area (TPSA) is 47.0 Å². The molecule has 0 fully saturated rings. The van der Waals surface area contributed by atoms with E-state index in [1.807, 2.05) is 0 Å². The highest BCUT2D eigenvalue weighted by atomic mass is 16.1. The normalized spacial score (nSPS) is 14.7. The van der Waals surface area contributed by atoms with Crippen LogP contribution in [0, 0.1) is 0 Å². The smallest absolute Gasteiger partial charge is 0.205 e. The molecule has 0 bridgehead atoms. The van der Waals surface area contributed by atoms with Gasteiger partial charge in [-0.3, -0.25) is 14.6 Å². The highest BCUT2D eigenvalue weighted by Crippen LogP contribution is 2.12. The van der Waals surface area contributed by atoms with Crippen LogP contribution in [0.25, 0.3) is 0 Å². The molecule has 0 aliphatic heterocycles. The summed E-state index contributed by atoms with van der Waals surface area (Å²) in [6.45, 7) is 0. The summed E-state index contributed by atoms with van der Waals surface area (Å²) in [6.07, 6.45) is 4.02. The summed E-state index contributed by atoms with van der Waals surface area (Å²) in [5, 5.41) is 0. The van der Waals surface area contributed by atoms with Crippen molar-refractivity contribution in [2.75, 3.05) is 0 Å². The summed E-state index contributed by atoms with van der Waals surface area (Å²) in [7, 11) is 0. The minimum absolute atomic E-state index is 0.155. The number of aromatic nitrogens is 1. The Kier molecular flexibility index (Phi) is 1.37. The lowest BCUT2D eigenvalue weighted by molar-refractivity contribution is 0.0990. The van der Waals surface area contributed by atoms with E-state index in [0.717, 1.165) is 0 Å². The fraction of sp³-hybridized carbons (Fsp3) is 0. The van der Waals surface area contributed by atoms with Crippen molar-refractivity contribution in [1.82, 2.24) is 4.98 Å². The van der Waals surface area contributed by atoms with Gasteiger partial charge in [0.15, 0.2) is 5.78 Å². The maximum atomic E-state index is 11.2.